The Morgan fingerprint density at radius 1 is 1.32 bits per heavy atom. The summed E-state index contributed by atoms with van der Waals surface area (Å²) in [6.45, 7) is 8.62. The number of nitrogens with zero attached hydrogens (tertiary/aromatic N) is 1. The minimum Gasteiger partial charge on any atom is -0.481 e. The zero-order chi connectivity index (χ0) is 18.6. The predicted octanol–water partition coefficient (Wildman–Crippen LogP) is 3.18. The van der Waals surface area contributed by atoms with Crippen LogP contribution in [0.25, 0.3) is 0 Å². The molecule has 1 N–H and O–H groups in total. The Labute approximate surface area is 154 Å². The largest absolute Gasteiger partial charge is 0.481 e. The smallest absolute Gasteiger partial charge is 0.263 e. The number of hydrogen-bond donors (Lipinski definition) is 1. The summed E-state index contributed by atoms with van der Waals surface area (Å²) in [6, 6.07) is 5.35. The van der Waals surface area contributed by atoms with Crippen molar-refractivity contribution in [2.45, 2.75) is 52.7 Å². The number of ether oxygens (including phenoxy) is 1. The Bertz CT molecular complexity index is 633. The fourth-order valence-corrected chi connectivity index (χ4v) is 3.13. The monoisotopic (exact) mass is 366 g/mol. The highest BCUT2D eigenvalue weighted by atomic mass is 35.5. The van der Waals surface area contributed by atoms with Crippen molar-refractivity contribution in [3.63, 3.8) is 0 Å². The minimum atomic E-state index is -0.584. The van der Waals surface area contributed by atoms with Crippen molar-refractivity contribution in [1.29, 1.82) is 0 Å². The Kier molecular flexibility index (Phi) is 6.71. The van der Waals surface area contributed by atoms with Crippen LogP contribution >= 0.6 is 11.6 Å². The summed E-state index contributed by atoms with van der Waals surface area (Å²) in [6.07, 6.45) is 1.19. The first kappa shape index (κ1) is 19.6. The molecule has 0 spiro atoms. The number of hydrogen-bond acceptors (Lipinski definition) is 3. The van der Waals surface area contributed by atoms with Gasteiger partial charge in [-0.2, -0.15) is 0 Å². The maximum absolute atomic E-state index is 12.7. The number of rotatable bonds is 5. The quantitative estimate of drug-likeness (QED) is 0.870. The molecule has 2 amide bonds. The number of carbonyl (C=O) groups excluding carboxylic acids is 2. The average Bonchev–Trinajstić information content (AvgIpc) is 2.56. The average molecular weight is 367 g/mol. The van der Waals surface area contributed by atoms with Crippen LogP contribution in [0.15, 0.2) is 18.2 Å². The van der Waals surface area contributed by atoms with Gasteiger partial charge in [0.15, 0.2) is 6.10 Å². The molecular weight excluding hydrogens is 340 g/mol. The molecule has 25 heavy (non-hydrogen) atoms. The van der Waals surface area contributed by atoms with E-state index < -0.39 is 6.10 Å². The summed E-state index contributed by atoms with van der Waals surface area (Å²) in [5.41, 5.74) is 0.896. The third-order valence-electron chi connectivity index (χ3n) is 4.39. The van der Waals surface area contributed by atoms with E-state index in [1.54, 1.807) is 24.0 Å². The van der Waals surface area contributed by atoms with Crippen LogP contribution in [0.1, 0.15) is 39.2 Å². The number of benzene rings is 1. The summed E-state index contributed by atoms with van der Waals surface area (Å²) in [4.78, 5) is 26.4. The first-order valence-corrected chi connectivity index (χ1v) is 9.17. The molecule has 0 saturated carbocycles. The standard InChI is InChI=1S/C19H27ClN2O3/c1-12(2)18(23)21-16-6-5-9-22(11-16)19(24)14(4)25-17-8-7-15(20)10-13(17)3/h7-8,10,12,14,16H,5-6,9,11H2,1-4H3,(H,21,23). The van der Waals surface area contributed by atoms with E-state index in [0.29, 0.717) is 23.9 Å². The summed E-state index contributed by atoms with van der Waals surface area (Å²) >= 11 is 5.95. The fraction of sp³-hybridized carbons (Fsp3) is 0.579. The molecule has 0 aromatic heterocycles. The number of amides is 2. The van der Waals surface area contributed by atoms with Gasteiger partial charge in [0.1, 0.15) is 5.75 Å². The number of halogens is 1. The lowest BCUT2D eigenvalue weighted by Gasteiger charge is -2.35. The van der Waals surface area contributed by atoms with Crippen LogP contribution in [-0.2, 0) is 9.59 Å². The first-order chi connectivity index (χ1) is 11.8. The lowest BCUT2D eigenvalue weighted by Crippen LogP contribution is -2.52. The molecule has 138 valence electrons. The summed E-state index contributed by atoms with van der Waals surface area (Å²) in [7, 11) is 0. The molecule has 1 aromatic carbocycles. The Morgan fingerprint density at radius 3 is 2.68 bits per heavy atom. The molecule has 1 heterocycles. The summed E-state index contributed by atoms with van der Waals surface area (Å²) in [5.74, 6) is 0.575. The van der Waals surface area contributed by atoms with Crippen LogP contribution in [0, 0.1) is 12.8 Å². The van der Waals surface area contributed by atoms with Crippen LogP contribution in [-0.4, -0.2) is 41.9 Å². The molecular formula is C19H27ClN2O3. The minimum absolute atomic E-state index is 0.0112. The fourth-order valence-electron chi connectivity index (χ4n) is 2.91. The highest BCUT2D eigenvalue weighted by Gasteiger charge is 2.29. The van der Waals surface area contributed by atoms with E-state index in [0.717, 1.165) is 18.4 Å². The third kappa shape index (κ3) is 5.36. The predicted molar refractivity (Wildman–Crippen MR) is 98.9 cm³/mol. The van der Waals surface area contributed by atoms with Crippen molar-refractivity contribution < 1.29 is 14.3 Å². The van der Waals surface area contributed by atoms with Crippen LogP contribution in [0.5, 0.6) is 5.75 Å². The molecule has 5 nitrogen and oxygen atoms in total. The normalized spacial score (nSPS) is 18.8. The van der Waals surface area contributed by atoms with Crippen LogP contribution in [0.2, 0.25) is 5.02 Å². The SMILES string of the molecule is Cc1cc(Cl)ccc1OC(C)C(=O)N1CCCC(NC(=O)C(C)C)C1. The number of likely N-dealkylation sites (tertiary alicyclic amines) is 1. The van der Waals surface area contributed by atoms with Gasteiger partial charge in [0.2, 0.25) is 5.91 Å². The van der Waals surface area contributed by atoms with Crippen molar-refractivity contribution in [1.82, 2.24) is 10.2 Å². The maximum Gasteiger partial charge on any atom is 0.263 e. The molecule has 0 radical (unpaired) electrons. The maximum atomic E-state index is 12.7. The van der Waals surface area contributed by atoms with Crippen molar-refractivity contribution >= 4 is 23.4 Å². The number of aryl methyl sites for hydroxylation is 1. The van der Waals surface area contributed by atoms with Gasteiger partial charge in [-0.1, -0.05) is 25.4 Å². The van der Waals surface area contributed by atoms with Crippen LogP contribution < -0.4 is 10.1 Å². The van der Waals surface area contributed by atoms with E-state index in [-0.39, 0.29) is 23.8 Å². The Morgan fingerprint density at radius 2 is 2.04 bits per heavy atom. The molecule has 1 aromatic rings. The molecule has 2 unspecified atom stereocenters. The van der Waals surface area contributed by atoms with Gasteiger partial charge in [0, 0.05) is 30.1 Å². The molecule has 0 bridgehead atoms. The van der Waals surface area contributed by atoms with Crippen molar-refractivity contribution in [2.75, 3.05) is 13.1 Å². The molecule has 2 rings (SSSR count). The topological polar surface area (TPSA) is 58.6 Å². The lowest BCUT2D eigenvalue weighted by atomic mass is 10.0. The molecule has 1 aliphatic heterocycles. The van der Waals surface area contributed by atoms with E-state index in [4.69, 9.17) is 16.3 Å². The second-order valence-corrected chi connectivity index (χ2v) is 7.39. The van der Waals surface area contributed by atoms with Crippen molar-refractivity contribution in [3.05, 3.63) is 28.8 Å². The highest BCUT2D eigenvalue weighted by Crippen LogP contribution is 2.23. The molecule has 0 aliphatic carbocycles. The molecule has 1 aliphatic rings. The van der Waals surface area contributed by atoms with Gasteiger partial charge in [0.05, 0.1) is 0 Å². The van der Waals surface area contributed by atoms with E-state index in [2.05, 4.69) is 5.32 Å². The second-order valence-electron chi connectivity index (χ2n) is 6.96. The van der Waals surface area contributed by atoms with Gasteiger partial charge in [-0.05, 0) is 50.5 Å². The van der Waals surface area contributed by atoms with Gasteiger partial charge in [-0.15, -0.1) is 0 Å². The van der Waals surface area contributed by atoms with Crippen molar-refractivity contribution in [3.8, 4) is 5.75 Å². The molecule has 1 fully saturated rings. The van der Waals surface area contributed by atoms with Gasteiger partial charge >= 0.3 is 0 Å². The zero-order valence-electron chi connectivity index (χ0n) is 15.3. The zero-order valence-corrected chi connectivity index (χ0v) is 16.1. The van der Waals surface area contributed by atoms with Gasteiger partial charge in [-0.3, -0.25) is 9.59 Å². The van der Waals surface area contributed by atoms with E-state index in [1.807, 2.05) is 26.8 Å². The van der Waals surface area contributed by atoms with Crippen molar-refractivity contribution in [2.24, 2.45) is 5.92 Å². The lowest BCUT2D eigenvalue weighted by molar-refractivity contribution is -0.140. The Balaban J connectivity index is 1.95. The van der Waals surface area contributed by atoms with E-state index in [9.17, 15) is 9.59 Å². The molecule has 2 atom stereocenters. The number of piperidine rings is 1. The number of nitrogens with one attached hydrogen (secondary N) is 1. The van der Waals surface area contributed by atoms with Gasteiger partial charge in [-0.25, -0.2) is 0 Å². The van der Waals surface area contributed by atoms with Gasteiger partial charge < -0.3 is 15.0 Å². The van der Waals surface area contributed by atoms with Crippen LogP contribution in [0.3, 0.4) is 0 Å². The highest BCUT2D eigenvalue weighted by molar-refractivity contribution is 6.30. The van der Waals surface area contributed by atoms with Crippen LogP contribution in [0.4, 0.5) is 0 Å². The Hall–Kier alpha value is -1.75. The number of carbonyl (C=O) groups is 2. The summed E-state index contributed by atoms with van der Waals surface area (Å²) in [5, 5.41) is 3.66. The molecule has 1 saturated heterocycles. The summed E-state index contributed by atoms with van der Waals surface area (Å²) < 4.78 is 5.83. The third-order valence-corrected chi connectivity index (χ3v) is 4.63. The molecule has 6 heteroatoms. The first-order valence-electron chi connectivity index (χ1n) is 8.80. The van der Waals surface area contributed by atoms with Gasteiger partial charge in [0.25, 0.3) is 5.91 Å². The van der Waals surface area contributed by atoms with E-state index in [1.165, 1.54) is 0 Å². The second kappa shape index (κ2) is 8.56. The van der Waals surface area contributed by atoms with E-state index >= 15 is 0 Å².